The summed E-state index contributed by atoms with van der Waals surface area (Å²) >= 11 is 4.88. The first-order chi connectivity index (χ1) is 11.4. The van der Waals surface area contributed by atoms with Crippen molar-refractivity contribution in [3.8, 4) is 22.0 Å². The van der Waals surface area contributed by atoms with Gasteiger partial charge in [-0.1, -0.05) is 98.2 Å². The summed E-state index contributed by atoms with van der Waals surface area (Å²) in [6.07, 6.45) is 0. The second-order valence-corrected chi connectivity index (χ2v) is 5.43. The molecule has 0 aliphatic carbocycles. The van der Waals surface area contributed by atoms with E-state index in [0.717, 1.165) is 27.3 Å². The summed E-state index contributed by atoms with van der Waals surface area (Å²) < 4.78 is 4.44. The van der Waals surface area contributed by atoms with Gasteiger partial charge in [-0.2, -0.15) is 4.37 Å². The molecule has 0 saturated carbocycles. The van der Waals surface area contributed by atoms with Crippen LogP contribution in [-0.4, -0.2) is 9.36 Å². The van der Waals surface area contributed by atoms with Crippen LogP contribution < -0.4 is 0 Å². The number of rotatable bonds is 3. The van der Waals surface area contributed by atoms with E-state index in [0.29, 0.717) is 0 Å². The molecule has 23 heavy (non-hydrogen) atoms. The molecule has 0 amide bonds. The number of aromatic nitrogens is 2. The van der Waals surface area contributed by atoms with E-state index >= 15 is 0 Å². The second-order valence-electron chi connectivity index (χ2n) is 4.12. The molecule has 0 unspecified atom stereocenters. The van der Waals surface area contributed by atoms with Gasteiger partial charge in [0.2, 0.25) is 0 Å². The third-order valence-electron chi connectivity index (χ3n) is 2.81. The summed E-state index contributed by atoms with van der Waals surface area (Å²) in [5.41, 5.74) is 3.42. The molecule has 0 N–H and O–H groups in total. The predicted octanol–water partition coefficient (Wildman–Crippen LogP) is 6.82. The minimum atomic E-state index is 0.796. The normalized spacial score (nSPS) is 9.26. The highest BCUT2D eigenvalue weighted by atomic mass is 79.9. The number of hydrogen-bond acceptors (Lipinski definition) is 3. The van der Waals surface area contributed by atoms with E-state index in [4.69, 9.17) is 0 Å². The van der Waals surface area contributed by atoms with Gasteiger partial charge in [0.15, 0.2) is 5.82 Å². The lowest BCUT2D eigenvalue weighted by molar-refractivity contribution is 1.31. The van der Waals surface area contributed by atoms with Crippen LogP contribution in [0.5, 0.6) is 0 Å². The van der Waals surface area contributed by atoms with Crippen LogP contribution in [0, 0.1) is 0 Å². The Morgan fingerprint density at radius 1 is 0.826 bits per heavy atom. The Labute approximate surface area is 151 Å². The fraction of sp³-hybridized carbons (Fsp3) is 0.263. The summed E-state index contributed by atoms with van der Waals surface area (Å²) in [6, 6.07) is 18.4. The van der Waals surface area contributed by atoms with Crippen molar-refractivity contribution in [2.45, 2.75) is 33.0 Å². The number of benzene rings is 2. The van der Waals surface area contributed by atoms with Gasteiger partial charge in [-0.15, -0.1) is 0 Å². The second kappa shape index (κ2) is 11.1. The summed E-state index contributed by atoms with van der Waals surface area (Å²) in [5.74, 6) is 0.796. The molecule has 0 aliphatic rings. The molecule has 0 saturated heterocycles. The fourth-order valence-electron chi connectivity index (χ4n) is 1.78. The zero-order valence-electron chi connectivity index (χ0n) is 14.1. The van der Waals surface area contributed by atoms with Crippen LogP contribution in [0.25, 0.3) is 22.0 Å². The van der Waals surface area contributed by atoms with Gasteiger partial charge >= 0.3 is 0 Å². The molecule has 0 spiro atoms. The van der Waals surface area contributed by atoms with Crippen molar-refractivity contribution in [1.29, 1.82) is 0 Å². The predicted molar refractivity (Wildman–Crippen MR) is 106 cm³/mol. The lowest BCUT2D eigenvalue weighted by Gasteiger charge is -1.97. The van der Waals surface area contributed by atoms with Crippen molar-refractivity contribution in [3.05, 3.63) is 60.2 Å². The maximum atomic E-state index is 4.60. The average Bonchev–Trinajstić information content (AvgIpc) is 3.16. The highest BCUT2D eigenvalue weighted by Crippen LogP contribution is 2.25. The molecule has 122 valence electrons. The van der Waals surface area contributed by atoms with Crippen LogP contribution in [0.1, 0.15) is 33.3 Å². The lowest BCUT2D eigenvalue weighted by Crippen LogP contribution is -1.82. The van der Waals surface area contributed by atoms with Crippen molar-refractivity contribution < 1.29 is 0 Å². The van der Waals surface area contributed by atoms with Crippen LogP contribution in [0.2, 0.25) is 0 Å². The molecule has 2 nitrogen and oxygen atoms in total. The Hall–Kier alpha value is -1.52. The standard InChI is InChI=1S/C15H11BrN2S.2C2H6/c16-10-11-6-8-12(9-7-11)14-17-15(19-18-14)13-4-2-1-3-5-13;2*1-2/h1-9H,10H2;2*1-2H3. The van der Waals surface area contributed by atoms with E-state index in [-0.39, 0.29) is 0 Å². The molecule has 0 bridgehead atoms. The van der Waals surface area contributed by atoms with Gasteiger partial charge < -0.3 is 0 Å². The molecule has 2 aromatic carbocycles. The molecule has 0 aliphatic heterocycles. The minimum absolute atomic E-state index is 0.796. The third kappa shape index (κ3) is 5.56. The molecule has 1 aromatic heterocycles. The Morgan fingerprint density at radius 2 is 1.43 bits per heavy atom. The molecule has 4 heteroatoms. The SMILES string of the molecule is BrCc1ccc(-c2nsc(-c3ccccc3)n2)cc1.CC.CC. The molecule has 3 rings (SSSR count). The first-order valence-corrected chi connectivity index (χ1v) is 9.81. The van der Waals surface area contributed by atoms with Crippen molar-refractivity contribution in [3.63, 3.8) is 0 Å². The first kappa shape index (κ1) is 19.5. The quantitative estimate of drug-likeness (QED) is 0.458. The van der Waals surface area contributed by atoms with Crippen LogP contribution >= 0.6 is 27.5 Å². The van der Waals surface area contributed by atoms with Gasteiger partial charge in [0.25, 0.3) is 0 Å². The Kier molecular flexibility index (Phi) is 9.41. The van der Waals surface area contributed by atoms with Crippen molar-refractivity contribution in [2.24, 2.45) is 0 Å². The summed E-state index contributed by atoms with van der Waals surface area (Å²) in [5, 5.41) is 1.83. The van der Waals surface area contributed by atoms with E-state index in [1.807, 2.05) is 45.9 Å². The topological polar surface area (TPSA) is 25.8 Å². The van der Waals surface area contributed by atoms with Gasteiger partial charge in [-0.3, -0.25) is 0 Å². The largest absolute Gasteiger partial charge is 0.215 e. The average molecular weight is 391 g/mol. The lowest BCUT2D eigenvalue weighted by atomic mass is 10.1. The summed E-state index contributed by atoms with van der Waals surface area (Å²) in [4.78, 5) is 4.60. The van der Waals surface area contributed by atoms with E-state index in [9.17, 15) is 0 Å². The molecular formula is C19H23BrN2S. The molecule has 0 fully saturated rings. The van der Waals surface area contributed by atoms with Gasteiger partial charge in [0, 0.05) is 16.5 Å². The number of nitrogens with zero attached hydrogens (tertiary/aromatic N) is 2. The van der Waals surface area contributed by atoms with Gasteiger partial charge in [0.05, 0.1) is 0 Å². The number of hydrogen-bond donors (Lipinski definition) is 0. The summed E-state index contributed by atoms with van der Waals surface area (Å²) in [6.45, 7) is 8.00. The molecule has 1 heterocycles. The van der Waals surface area contributed by atoms with Crippen LogP contribution in [-0.2, 0) is 5.33 Å². The molecular weight excluding hydrogens is 368 g/mol. The zero-order chi connectivity index (χ0) is 17.1. The van der Waals surface area contributed by atoms with E-state index in [1.165, 1.54) is 17.1 Å². The van der Waals surface area contributed by atoms with Crippen LogP contribution in [0.3, 0.4) is 0 Å². The van der Waals surface area contributed by atoms with Gasteiger partial charge in [-0.25, -0.2) is 4.98 Å². The Balaban J connectivity index is 0.000000615. The molecule has 0 atom stereocenters. The van der Waals surface area contributed by atoms with Crippen molar-refractivity contribution in [1.82, 2.24) is 9.36 Å². The van der Waals surface area contributed by atoms with Crippen LogP contribution in [0.4, 0.5) is 0 Å². The Bertz CT molecular complexity index is 663. The van der Waals surface area contributed by atoms with E-state index in [1.54, 1.807) is 0 Å². The van der Waals surface area contributed by atoms with E-state index in [2.05, 4.69) is 61.7 Å². The van der Waals surface area contributed by atoms with Crippen molar-refractivity contribution in [2.75, 3.05) is 0 Å². The maximum Gasteiger partial charge on any atom is 0.173 e. The smallest absolute Gasteiger partial charge is 0.173 e. The van der Waals surface area contributed by atoms with Gasteiger partial charge in [0.1, 0.15) is 5.01 Å². The van der Waals surface area contributed by atoms with Crippen LogP contribution in [0.15, 0.2) is 54.6 Å². The first-order valence-electron chi connectivity index (χ1n) is 7.91. The molecule has 0 radical (unpaired) electrons. The highest BCUT2D eigenvalue weighted by molar-refractivity contribution is 9.08. The van der Waals surface area contributed by atoms with Crippen molar-refractivity contribution >= 4 is 27.5 Å². The third-order valence-corrected chi connectivity index (χ3v) is 4.22. The fourth-order valence-corrected chi connectivity index (χ4v) is 2.84. The van der Waals surface area contributed by atoms with Gasteiger partial charge in [-0.05, 0) is 17.1 Å². The zero-order valence-corrected chi connectivity index (χ0v) is 16.5. The maximum absolute atomic E-state index is 4.60. The van der Waals surface area contributed by atoms with E-state index < -0.39 is 0 Å². The molecule has 3 aromatic rings. The monoisotopic (exact) mass is 390 g/mol. The minimum Gasteiger partial charge on any atom is -0.215 e. The highest BCUT2D eigenvalue weighted by Gasteiger charge is 2.07. The number of halogens is 1. The number of alkyl halides is 1. The Morgan fingerprint density at radius 3 is 2.00 bits per heavy atom. The summed E-state index contributed by atoms with van der Waals surface area (Å²) in [7, 11) is 0.